The summed E-state index contributed by atoms with van der Waals surface area (Å²) in [6.45, 7) is 9.39. The van der Waals surface area contributed by atoms with Gasteiger partial charge in [0.05, 0.1) is 13.2 Å². The van der Waals surface area contributed by atoms with E-state index >= 15 is 0 Å². The van der Waals surface area contributed by atoms with Crippen molar-refractivity contribution in [3.05, 3.63) is 0 Å². The van der Waals surface area contributed by atoms with Gasteiger partial charge in [0.2, 0.25) is 0 Å². The Bertz CT molecular complexity index is 182. The Kier molecular flexibility index (Phi) is 15.8. The molecule has 0 aromatic rings. The predicted molar refractivity (Wildman–Crippen MR) is 84.4 cm³/mol. The van der Waals surface area contributed by atoms with Crippen molar-refractivity contribution < 1.29 is 4.74 Å². The van der Waals surface area contributed by atoms with Crippen molar-refractivity contribution in [2.24, 2.45) is 4.99 Å². The summed E-state index contributed by atoms with van der Waals surface area (Å²) in [7, 11) is 3.80. The van der Waals surface area contributed by atoms with Gasteiger partial charge in [-0.25, -0.2) is 0 Å². The van der Waals surface area contributed by atoms with E-state index in [1.54, 1.807) is 7.11 Å². The minimum atomic E-state index is 0. The van der Waals surface area contributed by atoms with Gasteiger partial charge in [-0.15, -0.1) is 24.0 Å². The van der Waals surface area contributed by atoms with Crippen molar-refractivity contribution in [2.75, 3.05) is 53.5 Å². The topological polar surface area (TPSA) is 48.9 Å². The number of ether oxygens (including phenoxy) is 1. The molecular formula is C11H27IN4O. The normalized spacial score (nSPS) is 9.71. The third-order valence-corrected chi connectivity index (χ3v) is 2.12. The molecule has 104 valence electrons. The highest BCUT2D eigenvalue weighted by atomic mass is 127. The number of nitrogens with one attached hydrogen (secondary N) is 2. The van der Waals surface area contributed by atoms with Crippen molar-refractivity contribution in [3.63, 3.8) is 0 Å². The number of hydrogen-bond donors (Lipinski definition) is 2. The molecule has 0 aromatic heterocycles. The van der Waals surface area contributed by atoms with Crippen LogP contribution in [0.3, 0.4) is 0 Å². The van der Waals surface area contributed by atoms with Crippen molar-refractivity contribution in [3.8, 4) is 0 Å². The molecule has 0 aromatic carbocycles. The molecule has 0 saturated carbocycles. The maximum absolute atomic E-state index is 5.01. The van der Waals surface area contributed by atoms with E-state index in [1.807, 2.05) is 0 Å². The number of rotatable bonds is 8. The molecule has 0 saturated heterocycles. The van der Waals surface area contributed by atoms with Crippen molar-refractivity contribution >= 4 is 29.9 Å². The fraction of sp³-hybridized carbons (Fsp3) is 0.909. The number of hydrogen-bond acceptors (Lipinski definition) is 3. The smallest absolute Gasteiger partial charge is 0.191 e. The Labute approximate surface area is 122 Å². The standard InChI is InChI=1S/C11H26N4O.HI/c1-5-12-11(13-6-2)14-7-8-15(3)9-10-16-4;/h5-10H2,1-4H3,(H2,12,13,14);1H. The van der Waals surface area contributed by atoms with Gasteiger partial charge in [0.25, 0.3) is 0 Å². The molecule has 0 amide bonds. The van der Waals surface area contributed by atoms with Crippen LogP contribution < -0.4 is 10.6 Å². The Morgan fingerprint density at radius 3 is 2.24 bits per heavy atom. The molecule has 0 fully saturated rings. The van der Waals surface area contributed by atoms with Crippen LogP contribution in [0.5, 0.6) is 0 Å². The predicted octanol–water partition coefficient (Wildman–Crippen LogP) is 0.758. The van der Waals surface area contributed by atoms with Gasteiger partial charge in [-0.3, -0.25) is 4.99 Å². The molecule has 0 rings (SSSR count). The zero-order valence-corrected chi connectivity index (χ0v) is 13.8. The Hall–Kier alpha value is -0.0800. The molecular weight excluding hydrogens is 331 g/mol. The van der Waals surface area contributed by atoms with Gasteiger partial charge < -0.3 is 20.3 Å². The SMILES string of the molecule is CCNC(=NCCN(C)CCOC)NCC.I. The summed E-state index contributed by atoms with van der Waals surface area (Å²) in [4.78, 5) is 6.67. The molecule has 0 heterocycles. The van der Waals surface area contributed by atoms with Crippen LogP contribution in [0.4, 0.5) is 0 Å². The van der Waals surface area contributed by atoms with Gasteiger partial charge in [0, 0.05) is 33.3 Å². The summed E-state index contributed by atoms with van der Waals surface area (Å²) in [5.41, 5.74) is 0. The summed E-state index contributed by atoms with van der Waals surface area (Å²) in [5, 5.41) is 6.39. The Morgan fingerprint density at radius 1 is 1.18 bits per heavy atom. The highest BCUT2D eigenvalue weighted by Crippen LogP contribution is 1.83. The average molecular weight is 358 g/mol. The van der Waals surface area contributed by atoms with Gasteiger partial charge >= 0.3 is 0 Å². The molecule has 6 heteroatoms. The van der Waals surface area contributed by atoms with Crippen LogP contribution in [0.1, 0.15) is 13.8 Å². The lowest BCUT2D eigenvalue weighted by atomic mass is 10.5. The quantitative estimate of drug-likeness (QED) is 0.382. The van der Waals surface area contributed by atoms with E-state index in [0.717, 1.165) is 45.3 Å². The number of halogens is 1. The van der Waals surface area contributed by atoms with Gasteiger partial charge in [0.15, 0.2) is 5.96 Å². The van der Waals surface area contributed by atoms with Crippen LogP contribution in [-0.4, -0.2) is 64.3 Å². The summed E-state index contributed by atoms with van der Waals surface area (Å²) < 4.78 is 5.01. The largest absolute Gasteiger partial charge is 0.383 e. The van der Waals surface area contributed by atoms with E-state index in [9.17, 15) is 0 Å². The lowest BCUT2D eigenvalue weighted by Gasteiger charge is -2.15. The van der Waals surface area contributed by atoms with Crippen LogP contribution in [-0.2, 0) is 4.74 Å². The first kappa shape index (κ1) is 19.3. The number of guanidine groups is 1. The number of methoxy groups -OCH3 is 1. The summed E-state index contributed by atoms with van der Waals surface area (Å²) in [6.07, 6.45) is 0. The zero-order chi connectivity index (χ0) is 12.2. The summed E-state index contributed by atoms with van der Waals surface area (Å²) >= 11 is 0. The fourth-order valence-electron chi connectivity index (χ4n) is 1.20. The van der Waals surface area contributed by atoms with Crippen molar-refractivity contribution in [2.45, 2.75) is 13.8 Å². The molecule has 0 aliphatic carbocycles. The average Bonchev–Trinajstić information content (AvgIpc) is 2.27. The van der Waals surface area contributed by atoms with Crippen LogP contribution in [0.2, 0.25) is 0 Å². The number of nitrogens with zero attached hydrogens (tertiary/aromatic N) is 2. The first-order valence-electron chi connectivity index (χ1n) is 5.94. The second-order valence-electron chi connectivity index (χ2n) is 3.59. The Balaban J connectivity index is 0. The maximum Gasteiger partial charge on any atom is 0.191 e. The van der Waals surface area contributed by atoms with Crippen LogP contribution in [0.25, 0.3) is 0 Å². The van der Waals surface area contributed by atoms with Gasteiger partial charge in [0.1, 0.15) is 0 Å². The van der Waals surface area contributed by atoms with Crippen LogP contribution in [0.15, 0.2) is 4.99 Å². The van der Waals surface area contributed by atoms with E-state index in [2.05, 4.69) is 41.4 Å². The van der Waals surface area contributed by atoms with Gasteiger partial charge in [-0.05, 0) is 20.9 Å². The number of aliphatic imine (C=N–C) groups is 1. The monoisotopic (exact) mass is 358 g/mol. The first-order chi connectivity index (χ1) is 7.74. The lowest BCUT2D eigenvalue weighted by molar-refractivity contribution is 0.163. The molecule has 17 heavy (non-hydrogen) atoms. The molecule has 2 N–H and O–H groups in total. The van der Waals surface area contributed by atoms with Gasteiger partial charge in [-0.2, -0.15) is 0 Å². The summed E-state index contributed by atoms with van der Waals surface area (Å²) in [5.74, 6) is 0.894. The molecule has 0 unspecified atom stereocenters. The highest BCUT2D eigenvalue weighted by molar-refractivity contribution is 14.0. The zero-order valence-electron chi connectivity index (χ0n) is 11.5. The highest BCUT2D eigenvalue weighted by Gasteiger charge is 1.97. The third-order valence-electron chi connectivity index (χ3n) is 2.12. The van der Waals surface area contributed by atoms with E-state index in [0.29, 0.717) is 0 Å². The van der Waals surface area contributed by atoms with Crippen LogP contribution >= 0.6 is 24.0 Å². The van der Waals surface area contributed by atoms with E-state index in [4.69, 9.17) is 4.74 Å². The van der Waals surface area contributed by atoms with E-state index in [-0.39, 0.29) is 24.0 Å². The summed E-state index contributed by atoms with van der Waals surface area (Å²) in [6, 6.07) is 0. The third kappa shape index (κ3) is 12.2. The molecule has 0 radical (unpaired) electrons. The molecule has 5 nitrogen and oxygen atoms in total. The second kappa shape index (κ2) is 14.0. The number of likely N-dealkylation sites (N-methyl/N-ethyl adjacent to an activating group) is 1. The van der Waals surface area contributed by atoms with E-state index in [1.165, 1.54) is 0 Å². The minimum Gasteiger partial charge on any atom is -0.383 e. The van der Waals surface area contributed by atoms with Crippen molar-refractivity contribution in [1.82, 2.24) is 15.5 Å². The fourth-order valence-corrected chi connectivity index (χ4v) is 1.20. The lowest BCUT2D eigenvalue weighted by Crippen LogP contribution is -2.37. The first-order valence-corrected chi connectivity index (χ1v) is 5.94. The van der Waals surface area contributed by atoms with E-state index < -0.39 is 0 Å². The second-order valence-corrected chi connectivity index (χ2v) is 3.59. The molecule has 0 aliphatic heterocycles. The molecule has 0 atom stereocenters. The van der Waals surface area contributed by atoms with Crippen molar-refractivity contribution in [1.29, 1.82) is 0 Å². The molecule has 0 aliphatic rings. The minimum absolute atomic E-state index is 0. The Morgan fingerprint density at radius 2 is 1.76 bits per heavy atom. The molecule has 0 spiro atoms. The maximum atomic E-state index is 5.01. The van der Waals surface area contributed by atoms with Gasteiger partial charge in [-0.1, -0.05) is 0 Å². The van der Waals surface area contributed by atoms with Crippen LogP contribution in [0, 0.1) is 0 Å². The molecule has 0 bridgehead atoms.